The summed E-state index contributed by atoms with van der Waals surface area (Å²) < 4.78 is 54.9. The molecule has 0 radical (unpaired) electrons. The van der Waals surface area contributed by atoms with E-state index < -0.39 is 11.7 Å². The molecule has 162 valence electrons. The van der Waals surface area contributed by atoms with Gasteiger partial charge in [0.05, 0.1) is 18.3 Å². The first-order valence-corrected chi connectivity index (χ1v) is 9.80. The minimum absolute atomic E-state index is 0.149. The van der Waals surface area contributed by atoms with Crippen LogP contribution < -0.4 is 0 Å². The molecule has 1 saturated carbocycles. The molecule has 1 aliphatic carbocycles. The Morgan fingerprint density at radius 3 is 2.31 bits per heavy atom. The SMILES string of the molecule is C=C(/C=C(C#CCOC)\C=C(/C)C(F)(F)F)N1CCC(OC2CC(OC)C2)CC1. The molecule has 0 aromatic carbocycles. The van der Waals surface area contributed by atoms with Gasteiger partial charge < -0.3 is 19.1 Å². The van der Waals surface area contributed by atoms with Crippen LogP contribution in [0.2, 0.25) is 0 Å². The molecular formula is C22H30F3NO3. The third kappa shape index (κ3) is 7.54. The molecule has 1 heterocycles. The van der Waals surface area contributed by atoms with Crippen molar-refractivity contribution in [3.05, 3.63) is 35.6 Å². The van der Waals surface area contributed by atoms with Crippen LogP contribution in [0.4, 0.5) is 13.2 Å². The van der Waals surface area contributed by atoms with Gasteiger partial charge in [0.2, 0.25) is 0 Å². The van der Waals surface area contributed by atoms with Crippen LogP contribution in [-0.2, 0) is 14.2 Å². The Bertz CT molecular complexity index is 674. The normalized spacial score (nSPS) is 24.0. The monoisotopic (exact) mass is 413 g/mol. The number of halogens is 3. The van der Waals surface area contributed by atoms with Gasteiger partial charge in [0.1, 0.15) is 6.61 Å². The molecule has 7 heteroatoms. The fraction of sp³-hybridized carbons (Fsp3) is 0.636. The molecule has 2 aliphatic rings. The molecule has 4 nitrogen and oxygen atoms in total. The van der Waals surface area contributed by atoms with E-state index in [-0.39, 0.29) is 24.4 Å². The van der Waals surface area contributed by atoms with Crippen molar-refractivity contribution in [2.45, 2.75) is 57.1 Å². The van der Waals surface area contributed by atoms with Crippen molar-refractivity contribution in [1.29, 1.82) is 0 Å². The third-order valence-electron chi connectivity index (χ3n) is 5.21. The molecular weight excluding hydrogens is 383 g/mol. The van der Waals surface area contributed by atoms with Crippen molar-refractivity contribution in [2.75, 3.05) is 33.9 Å². The molecule has 1 aliphatic heterocycles. The maximum atomic E-state index is 12.9. The maximum Gasteiger partial charge on any atom is 0.412 e. The first kappa shape index (κ1) is 23.5. The highest BCUT2D eigenvalue weighted by atomic mass is 19.4. The van der Waals surface area contributed by atoms with E-state index in [0.717, 1.165) is 51.8 Å². The van der Waals surface area contributed by atoms with Gasteiger partial charge in [0, 0.05) is 44.2 Å². The van der Waals surface area contributed by atoms with Crippen molar-refractivity contribution in [2.24, 2.45) is 0 Å². The zero-order chi connectivity index (χ0) is 21.4. The van der Waals surface area contributed by atoms with Gasteiger partial charge in [-0.1, -0.05) is 18.4 Å². The highest BCUT2D eigenvalue weighted by Crippen LogP contribution is 2.30. The van der Waals surface area contributed by atoms with Crippen LogP contribution in [0.25, 0.3) is 0 Å². The topological polar surface area (TPSA) is 30.9 Å². The second kappa shape index (κ2) is 10.9. The number of rotatable bonds is 7. The number of alkyl halides is 3. The number of hydrogen-bond acceptors (Lipinski definition) is 4. The number of nitrogens with zero attached hydrogens (tertiary/aromatic N) is 1. The maximum absolute atomic E-state index is 12.9. The molecule has 0 spiro atoms. The molecule has 1 saturated heterocycles. The number of allylic oxidation sites excluding steroid dienone is 4. The average molecular weight is 413 g/mol. The van der Waals surface area contributed by atoms with Gasteiger partial charge in [-0.3, -0.25) is 0 Å². The van der Waals surface area contributed by atoms with E-state index in [0.29, 0.717) is 11.8 Å². The van der Waals surface area contributed by atoms with E-state index in [1.54, 1.807) is 13.2 Å². The summed E-state index contributed by atoms with van der Waals surface area (Å²) in [7, 11) is 3.21. The summed E-state index contributed by atoms with van der Waals surface area (Å²) in [4.78, 5) is 2.06. The lowest BCUT2D eigenvalue weighted by Crippen LogP contribution is -2.43. The minimum Gasteiger partial charge on any atom is -0.381 e. The van der Waals surface area contributed by atoms with E-state index in [1.807, 2.05) is 0 Å². The molecule has 2 rings (SSSR count). The van der Waals surface area contributed by atoms with Gasteiger partial charge in [0.25, 0.3) is 0 Å². The van der Waals surface area contributed by atoms with Crippen LogP contribution in [0.1, 0.15) is 32.6 Å². The van der Waals surface area contributed by atoms with Crippen molar-refractivity contribution in [1.82, 2.24) is 4.90 Å². The summed E-state index contributed by atoms with van der Waals surface area (Å²) in [6.45, 7) is 6.72. The lowest BCUT2D eigenvalue weighted by Gasteiger charge is -2.40. The summed E-state index contributed by atoms with van der Waals surface area (Å²) in [5.74, 6) is 5.45. The number of ether oxygens (including phenoxy) is 3. The third-order valence-corrected chi connectivity index (χ3v) is 5.21. The van der Waals surface area contributed by atoms with Gasteiger partial charge >= 0.3 is 6.18 Å². The molecule has 29 heavy (non-hydrogen) atoms. The number of hydrogen-bond donors (Lipinski definition) is 0. The molecule has 0 bridgehead atoms. The Hall–Kier alpha value is -1.75. The molecule has 0 aromatic heterocycles. The van der Waals surface area contributed by atoms with Crippen molar-refractivity contribution in [3.8, 4) is 11.8 Å². The van der Waals surface area contributed by atoms with Crippen molar-refractivity contribution < 1.29 is 27.4 Å². The Kier molecular flexibility index (Phi) is 8.81. The predicted molar refractivity (Wildman–Crippen MR) is 106 cm³/mol. The number of methoxy groups -OCH3 is 2. The Morgan fingerprint density at radius 2 is 1.76 bits per heavy atom. The van der Waals surface area contributed by atoms with Gasteiger partial charge in [-0.15, -0.1) is 0 Å². The lowest BCUT2D eigenvalue weighted by atomic mass is 9.91. The summed E-state index contributed by atoms with van der Waals surface area (Å²) in [6, 6.07) is 0. The fourth-order valence-electron chi connectivity index (χ4n) is 3.28. The van der Waals surface area contributed by atoms with Gasteiger partial charge in [-0.25, -0.2) is 0 Å². The highest BCUT2D eigenvalue weighted by molar-refractivity contribution is 5.44. The van der Waals surface area contributed by atoms with Crippen LogP contribution in [0, 0.1) is 11.8 Å². The summed E-state index contributed by atoms with van der Waals surface area (Å²) in [6.07, 6.45) is 2.68. The average Bonchev–Trinajstić information content (AvgIpc) is 2.64. The summed E-state index contributed by atoms with van der Waals surface area (Å²) >= 11 is 0. The van der Waals surface area contributed by atoms with Crippen LogP contribution >= 0.6 is 0 Å². The lowest BCUT2D eigenvalue weighted by molar-refractivity contribution is -0.124. The van der Waals surface area contributed by atoms with Crippen molar-refractivity contribution in [3.63, 3.8) is 0 Å². The van der Waals surface area contributed by atoms with E-state index >= 15 is 0 Å². The Labute approximate surface area is 171 Å². The zero-order valence-corrected chi connectivity index (χ0v) is 17.3. The smallest absolute Gasteiger partial charge is 0.381 e. The minimum atomic E-state index is -4.39. The van der Waals surface area contributed by atoms with E-state index in [4.69, 9.17) is 14.2 Å². The second-order valence-electron chi connectivity index (χ2n) is 7.42. The predicted octanol–water partition coefficient (Wildman–Crippen LogP) is 4.24. The van der Waals surface area contributed by atoms with E-state index in [9.17, 15) is 13.2 Å². The Balaban J connectivity index is 1.94. The molecule has 0 unspecified atom stereocenters. The van der Waals surface area contributed by atoms with Crippen LogP contribution in [0.3, 0.4) is 0 Å². The second-order valence-corrected chi connectivity index (χ2v) is 7.42. The Morgan fingerprint density at radius 1 is 1.10 bits per heavy atom. The van der Waals surface area contributed by atoms with Gasteiger partial charge in [-0.2, -0.15) is 13.2 Å². The van der Waals surface area contributed by atoms with Gasteiger partial charge in [-0.05, 0) is 44.8 Å². The highest BCUT2D eigenvalue weighted by Gasteiger charge is 2.33. The first-order chi connectivity index (χ1) is 13.7. The molecule has 0 amide bonds. The molecule has 0 atom stereocenters. The summed E-state index contributed by atoms with van der Waals surface area (Å²) in [5, 5.41) is 0. The van der Waals surface area contributed by atoms with Crippen LogP contribution in [-0.4, -0.2) is 63.3 Å². The standard InChI is InChI=1S/C22H30F3NO3/c1-16(22(23,24)25)12-18(6-5-11-27-3)13-17(2)26-9-7-19(8-10-26)29-21-14-20(15-21)28-4/h12-13,19-21H,2,7-11,14-15H2,1,3-4H3/b16-12+,18-13-. The quantitative estimate of drug-likeness (QED) is 0.461. The number of piperidine rings is 1. The zero-order valence-electron chi connectivity index (χ0n) is 17.3. The fourth-order valence-corrected chi connectivity index (χ4v) is 3.28. The van der Waals surface area contributed by atoms with Crippen molar-refractivity contribution >= 4 is 0 Å². The molecule has 2 fully saturated rings. The summed E-state index contributed by atoms with van der Waals surface area (Å²) in [5.41, 5.74) is 0.213. The molecule has 0 aromatic rings. The van der Waals surface area contributed by atoms with Gasteiger partial charge in [0.15, 0.2) is 0 Å². The van der Waals surface area contributed by atoms with Crippen LogP contribution in [0.5, 0.6) is 0 Å². The molecule has 0 N–H and O–H groups in total. The number of likely N-dealkylation sites (tertiary alicyclic amines) is 1. The van der Waals surface area contributed by atoms with E-state index in [2.05, 4.69) is 23.3 Å². The largest absolute Gasteiger partial charge is 0.412 e. The van der Waals surface area contributed by atoms with E-state index in [1.165, 1.54) is 7.11 Å². The van der Waals surface area contributed by atoms with Crippen LogP contribution in [0.15, 0.2) is 35.6 Å². The first-order valence-electron chi connectivity index (χ1n) is 9.80.